The van der Waals surface area contributed by atoms with E-state index in [1.54, 1.807) is 44.7 Å². The number of hydrogen-bond acceptors (Lipinski definition) is 8. The number of rotatable bonds is 5. The van der Waals surface area contributed by atoms with Gasteiger partial charge in [0.1, 0.15) is 23.8 Å². The molecule has 3 heterocycles. The minimum Gasteiger partial charge on any atom is -0.444 e. The highest BCUT2D eigenvalue weighted by Gasteiger charge is 2.39. The molecule has 10 nitrogen and oxygen atoms in total. The number of nitrogens with zero attached hydrogens (tertiary/aromatic N) is 4. The number of aromatic nitrogens is 2. The third-order valence-electron chi connectivity index (χ3n) is 6.50. The molecule has 0 bridgehead atoms. The normalized spacial score (nSPS) is 20.7. The second-order valence-electron chi connectivity index (χ2n) is 10.4. The molecule has 1 aromatic heterocycles. The van der Waals surface area contributed by atoms with Gasteiger partial charge in [-0.05, 0) is 45.4 Å². The molecule has 2 aliphatic heterocycles. The van der Waals surface area contributed by atoms with Crippen LogP contribution < -0.4 is 10.2 Å². The average molecular weight is 552 g/mol. The van der Waals surface area contributed by atoms with Crippen LogP contribution in [0.3, 0.4) is 0 Å². The molecule has 1 fully saturated rings. The molecular weight excluding hydrogens is 518 g/mol. The van der Waals surface area contributed by atoms with E-state index in [0.717, 1.165) is 11.1 Å². The molecule has 4 rings (SSSR count). The molecule has 2 aliphatic rings. The second kappa shape index (κ2) is 10.6. The number of piperazine rings is 1. The fourth-order valence-electron chi connectivity index (χ4n) is 4.58. The highest BCUT2D eigenvalue weighted by molar-refractivity contribution is 8.24. The van der Waals surface area contributed by atoms with Gasteiger partial charge in [-0.15, -0.1) is 0 Å². The van der Waals surface area contributed by atoms with Crippen LogP contribution >= 0.6 is 22.2 Å². The van der Waals surface area contributed by atoms with Crippen molar-refractivity contribution in [3.63, 3.8) is 0 Å². The Balaban J connectivity index is 1.46. The van der Waals surface area contributed by atoms with Gasteiger partial charge in [0.2, 0.25) is 5.91 Å². The summed E-state index contributed by atoms with van der Waals surface area (Å²) in [5.41, 5.74) is 1.61. The van der Waals surface area contributed by atoms with Gasteiger partial charge in [-0.2, -0.15) is 10.6 Å². The number of benzene rings is 1. The number of nitrogens with one attached hydrogen (secondary N) is 1. The Morgan fingerprint density at radius 1 is 1.16 bits per heavy atom. The Kier molecular flexibility index (Phi) is 7.89. The van der Waals surface area contributed by atoms with E-state index in [4.69, 9.17) is 16.3 Å². The minimum absolute atomic E-state index is 0.139. The van der Waals surface area contributed by atoms with Crippen LogP contribution in [0.1, 0.15) is 49.8 Å². The predicted molar refractivity (Wildman–Crippen MR) is 144 cm³/mol. The molecule has 2 unspecified atom stereocenters. The maximum absolute atomic E-state index is 13.6. The first kappa shape index (κ1) is 27.4. The molecule has 0 aliphatic carbocycles. The van der Waals surface area contributed by atoms with Crippen LogP contribution in [0.25, 0.3) is 0 Å². The molecule has 0 saturated carbocycles. The number of hydrogen-bond donors (Lipinski definition) is 3. The molecule has 202 valence electrons. The van der Waals surface area contributed by atoms with Crippen LogP contribution in [-0.4, -0.2) is 73.8 Å². The van der Waals surface area contributed by atoms with Crippen LogP contribution in [0, 0.1) is 0 Å². The van der Waals surface area contributed by atoms with Crippen molar-refractivity contribution in [1.29, 1.82) is 0 Å². The molecule has 1 aromatic carbocycles. The molecular formula is C25H34ClN5O5S. The Morgan fingerprint density at radius 2 is 1.81 bits per heavy atom. The van der Waals surface area contributed by atoms with Crippen LogP contribution in [0.15, 0.2) is 30.6 Å². The highest BCUT2D eigenvalue weighted by Crippen LogP contribution is 2.63. The highest BCUT2D eigenvalue weighted by atomic mass is 35.5. The summed E-state index contributed by atoms with van der Waals surface area (Å²) < 4.78 is 26.2. The molecule has 3 N–H and O–H groups in total. The first-order valence-electron chi connectivity index (χ1n) is 12.2. The van der Waals surface area contributed by atoms with Gasteiger partial charge in [0.15, 0.2) is 0 Å². The summed E-state index contributed by atoms with van der Waals surface area (Å²) in [5, 5.41) is 2.90. The van der Waals surface area contributed by atoms with Crippen molar-refractivity contribution >= 4 is 40.0 Å². The van der Waals surface area contributed by atoms with Crippen molar-refractivity contribution in [3.05, 3.63) is 52.4 Å². The number of carbonyl (C=O) groups is 2. The number of anilines is 1. The smallest absolute Gasteiger partial charge is 0.408 e. The number of amides is 2. The maximum Gasteiger partial charge on any atom is 0.408 e. The maximum atomic E-state index is 13.6. The number of ether oxygens (including phenoxy) is 1. The lowest BCUT2D eigenvalue weighted by molar-refractivity contribution is -0.133. The Morgan fingerprint density at radius 3 is 2.43 bits per heavy atom. The quantitative estimate of drug-likeness (QED) is 0.503. The number of fused-ring (bicyclic) bond motifs is 1. The fraction of sp³-hybridized carbons (Fsp3) is 0.520. The first-order chi connectivity index (χ1) is 17.3. The summed E-state index contributed by atoms with van der Waals surface area (Å²) in [4.78, 5) is 38.6. The molecule has 2 amide bonds. The topological polar surface area (TPSA) is 128 Å². The third kappa shape index (κ3) is 6.46. The zero-order chi connectivity index (χ0) is 27.0. The van der Waals surface area contributed by atoms with Crippen molar-refractivity contribution in [2.24, 2.45) is 0 Å². The van der Waals surface area contributed by atoms with Crippen LogP contribution in [0.5, 0.6) is 0 Å². The van der Waals surface area contributed by atoms with Gasteiger partial charge in [-0.1, -0.05) is 23.7 Å². The fourth-order valence-corrected chi connectivity index (χ4v) is 6.21. The Bertz CT molecular complexity index is 1150. The lowest BCUT2D eigenvalue weighted by Crippen LogP contribution is -2.56. The number of carbonyl (C=O) groups excluding carboxylic acids is 2. The van der Waals surface area contributed by atoms with E-state index in [2.05, 4.69) is 20.2 Å². The summed E-state index contributed by atoms with van der Waals surface area (Å²) >= 11 is 6.01. The largest absolute Gasteiger partial charge is 0.444 e. The monoisotopic (exact) mass is 551 g/mol. The molecule has 2 atom stereocenters. The van der Waals surface area contributed by atoms with Crippen molar-refractivity contribution in [3.8, 4) is 0 Å². The zero-order valence-corrected chi connectivity index (χ0v) is 23.1. The van der Waals surface area contributed by atoms with Gasteiger partial charge in [0.05, 0.1) is 16.7 Å². The SMILES string of the molecule is CC1c2c(ncnc2N2CCN(C(=O)C(Cc3ccc(Cl)cc3)NC(=O)OC(C)(C)C)CC2)CS1(O)O. The van der Waals surface area contributed by atoms with Crippen LogP contribution in [-0.2, 0) is 21.7 Å². The predicted octanol–water partition coefficient (Wildman–Crippen LogP) is 4.24. The zero-order valence-electron chi connectivity index (χ0n) is 21.5. The Labute approximate surface area is 223 Å². The van der Waals surface area contributed by atoms with E-state index in [1.165, 1.54) is 6.33 Å². The molecule has 0 spiro atoms. The van der Waals surface area contributed by atoms with E-state index in [9.17, 15) is 18.7 Å². The Hall–Kier alpha value is -2.60. The number of alkyl carbamates (subject to hydrolysis) is 1. The van der Waals surface area contributed by atoms with Gasteiger partial charge in [-0.25, -0.2) is 14.8 Å². The average Bonchev–Trinajstić information content (AvgIpc) is 3.06. The molecule has 0 radical (unpaired) electrons. The summed E-state index contributed by atoms with van der Waals surface area (Å²) in [7, 11) is -2.79. The lowest BCUT2D eigenvalue weighted by atomic mass is 10.0. The van der Waals surface area contributed by atoms with E-state index in [0.29, 0.717) is 49.1 Å². The van der Waals surface area contributed by atoms with Crippen molar-refractivity contribution in [2.75, 3.05) is 31.1 Å². The summed E-state index contributed by atoms with van der Waals surface area (Å²) in [5.74, 6) is 0.628. The van der Waals surface area contributed by atoms with Crippen LogP contribution in [0.2, 0.25) is 5.02 Å². The van der Waals surface area contributed by atoms with Gasteiger partial charge in [0.25, 0.3) is 0 Å². The van der Waals surface area contributed by atoms with Gasteiger partial charge in [0, 0.05) is 43.2 Å². The molecule has 2 aromatic rings. The first-order valence-corrected chi connectivity index (χ1v) is 14.4. The molecule has 37 heavy (non-hydrogen) atoms. The van der Waals surface area contributed by atoms with Crippen molar-refractivity contribution in [1.82, 2.24) is 20.2 Å². The molecule has 1 saturated heterocycles. The minimum atomic E-state index is -2.79. The third-order valence-corrected chi connectivity index (χ3v) is 8.82. The standard InChI is InChI=1S/C25H34ClN5O5S/c1-16-21-20(14-37(16,34)35)27-15-28-22(21)30-9-11-31(12-10-30)23(32)19(29-24(33)36-25(2,3)4)13-17-5-7-18(26)8-6-17/h5-8,15-16,19,34-35H,9-14H2,1-4H3,(H,29,33). The summed E-state index contributed by atoms with van der Waals surface area (Å²) in [6.07, 6.45) is 1.10. The van der Waals surface area contributed by atoms with Crippen LogP contribution in [0.4, 0.5) is 10.6 Å². The number of halogens is 1. The molecule has 12 heteroatoms. The summed E-state index contributed by atoms with van der Waals surface area (Å²) in [6.45, 7) is 8.98. The summed E-state index contributed by atoms with van der Waals surface area (Å²) in [6, 6.07) is 6.36. The van der Waals surface area contributed by atoms with E-state index in [-0.39, 0.29) is 11.7 Å². The van der Waals surface area contributed by atoms with Crippen molar-refractivity contribution in [2.45, 2.75) is 56.8 Å². The van der Waals surface area contributed by atoms with Crippen molar-refractivity contribution < 1.29 is 23.4 Å². The van der Waals surface area contributed by atoms with E-state index < -0.39 is 33.6 Å². The second-order valence-corrected chi connectivity index (χ2v) is 13.3. The van der Waals surface area contributed by atoms with Gasteiger partial charge < -0.3 is 19.9 Å². The van der Waals surface area contributed by atoms with Gasteiger partial charge in [-0.3, -0.25) is 13.9 Å². The van der Waals surface area contributed by atoms with E-state index >= 15 is 0 Å². The van der Waals surface area contributed by atoms with Gasteiger partial charge >= 0.3 is 6.09 Å². The van der Waals surface area contributed by atoms with E-state index in [1.807, 2.05) is 12.1 Å². The lowest BCUT2D eigenvalue weighted by Gasteiger charge is -2.38.